The van der Waals surface area contributed by atoms with Crippen LogP contribution in [-0.4, -0.2) is 4.98 Å². The molecule has 0 bridgehead atoms. The van der Waals surface area contributed by atoms with Crippen molar-refractivity contribution >= 4 is 22.2 Å². The third-order valence-electron chi connectivity index (χ3n) is 2.95. The molecular weight excluding hydrogens is 228 g/mol. The number of nitrogens with one attached hydrogen (secondary N) is 1. The molecule has 0 amide bonds. The zero-order valence-electron chi connectivity index (χ0n) is 9.39. The van der Waals surface area contributed by atoms with E-state index in [1.54, 1.807) is 11.3 Å². The molecule has 0 fully saturated rings. The van der Waals surface area contributed by atoms with Gasteiger partial charge in [-0.3, -0.25) is 0 Å². The Kier molecular flexibility index (Phi) is 2.71. The summed E-state index contributed by atoms with van der Waals surface area (Å²) in [4.78, 5) is 4.72. The monoisotopic (exact) mass is 242 g/mol. The molecule has 0 saturated carbocycles. The summed E-state index contributed by atoms with van der Waals surface area (Å²) in [5.74, 6) is 0. The van der Waals surface area contributed by atoms with Crippen LogP contribution in [0, 0.1) is 0 Å². The molecule has 17 heavy (non-hydrogen) atoms. The molecule has 2 heterocycles. The molecule has 2 nitrogen and oxygen atoms in total. The van der Waals surface area contributed by atoms with Gasteiger partial charge in [-0.05, 0) is 29.0 Å². The minimum atomic E-state index is 0.0426. The van der Waals surface area contributed by atoms with E-state index >= 15 is 0 Å². The quantitative estimate of drug-likeness (QED) is 0.725. The lowest BCUT2D eigenvalue weighted by atomic mass is 10.1. The van der Waals surface area contributed by atoms with Crippen molar-refractivity contribution < 1.29 is 0 Å². The zero-order chi connectivity index (χ0) is 11.7. The van der Waals surface area contributed by atoms with Crippen LogP contribution in [0.15, 0.2) is 47.8 Å². The molecule has 1 atom stereocenters. The van der Waals surface area contributed by atoms with Crippen LogP contribution in [0.2, 0.25) is 0 Å². The number of nitrogens with two attached hydrogens (primary N) is 1. The molecule has 0 spiro atoms. The molecule has 0 saturated heterocycles. The summed E-state index contributed by atoms with van der Waals surface area (Å²) in [5.41, 5.74) is 8.49. The summed E-state index contributed by atoms with van der Waals surface area (Å²) in [6.07, 6.45) is 0.893. The Morgan fingerprint density at radius 2 is 2.06 bits per heavy atom. The van der Waals surface area contributed by atoms with Crippen LogP contribution in [0.1, 0.15) is 16.6 Å². The number of thiophene rings is 1. The molecule has 0 aliphatic carbocycles. The molecule has 3 N–H and O–H groups in total. The highest BCUT2D eigenvalue weighted by molar-refractivity contribution is 7.09. The van der Waals surface area contributed by atoms with Crippen LogP contribution in [0.25, 0.3) is 10.9 Å². The van der Waals surface area contributed by atoms with Gasteiger partial charge in [-0.1, -0.05) is 24.3 Å². The van der Waals surface area contributed by atoms with E-state index in [1.165, 1.54) is 10.3 Å². The number of aromatic nitrogens is 1. The Balaban J connectivity index is 1.88. The lowest BCUT2D eigenvalue weighted by Crippen LogP contribution is -2.12. The lowest BCUT2D eigenvalue weighted by molar-refractivity contribution is 0.711. The second-order valence-electron chi connectivity index (χ2n) is 4.20. The fraction of sp³-hybridized carbons (Fsp3) is 0.143. The van der Waals surface area contributed by atoms with E-state index in [-0.39, 0.29) is 6.04 Å². The maximum atomic E-state index is 6.23. The van der Waals surface area contributed by atoms with E-state index < -0.39 is 0 Å². The van der Waals surface area contributed by atoms with Gasteiger partial charge in [-0.15, -0.1) is 11.3 Å². The van der Waals surface area contributed by atoms with Gasteiger partial charge in [0.05, 0.1) is 0 Å². The van der Waals surface area contributed by atoms with Crippen LogP contribution >= 0.6 is 11.3 Å². The number of hydrogen-bond donors (Lipinski definition) is 2. The maximum Gasteiger partial charge on any atom is 0.0496 e. The molecule has 1 unspecified atom stereocenters. The lowest BCUT2D eigenvalue weighted by Gasteiger charge is -2.07. The highest BCUT2D eigenvalue weighted by Gasteiger charge is 2.10. The predicted octanol–water partition coefficient (Wildman–Crippen LogP) is 3.47. The highest BCUT2D eigenvalue weighted by atomic mass is 32.1. The molecule has 1 aromatic carbocycles. The molecule has 86 valence electrons. The summed E-state index contributed by atoms with van der Waals surface area (Å²) in [6, 6.07) is 14.7. The standard InChI is InChI=1S/C14H14N2S/c15-12(9-11-5-3-7-17-11)14-8-10-4-1-2-6-13(10)16-14/h1-8,12,16H,9,15H2. The largest absolute Gasteiger partial charge is 0.357 e. The topological polar surface area (TPSA) is 41.8 Å². The van der Waals surface area contributed by atoms with E-state index in [4.69, 9.17) is 5.73 Å². The van der Waals surface area contributed by atoms with Gasteiger partial charge >= 0.3 is 0 Å². The van der Waals surface area contributed by atoms with Gasteiger partial charge in [-0.2, -0.15) is 0 Å². The summed E-state index contributed by atoms with van der Waals surface area (Å²) >= 11 is 1.76. The third kappa shape index (κ3) is 2.12. The number of H-pyrrole nitrogens is 1. The van der Waals surface area contributed by atoms with Crippen molar-refractivity contribution in [2.45, 2.75) is 12.5 Å². The van der Waals surface area contributed by atoms with Crippen LogP contribution in [0.5, 0.6) is 0 Å². The number of hydrogen-bond acceptors (Lipinski definition) is 2. The summed E-state index contributed by atoms with van der Waals surface area (Å²) in [5, 5.41) is 3.32. The molecule has 2 aromatic heterocycles. The number of rotatable bonds is 3. The molecule has 0 aliphatic rings. The highest BCUT2D eigenvalue weighted by Crippen LogP contribution is 2.22. The fourth-order valence-corrected chi connectivity index (χ4v) is 2.82. The maximum absolute atomic E-state index is 6.23. The average Bonchev–Trinajstić information content (AvgIpc) is 2.96. The van der Waals surface area contributed by atoms with Crippen LogP contribution in [-0.2, 0) is 6.42 Å². The zero-order valence-corrected chi connectivity index (χ0v) is 10.2. The van der Waals surface area contributed by atoms with Crippen molar-refractivity contribution in [3.63, 3.8) is 0 Å². The minimum absolute atomic E-state index is 0.0426. The first-order valence-corrected chi connectivity index (χ1v) is 6.56. The normalized spacial score (nSPS) is 13.0. The first kappa shape index (κ1) is 10.6. The molecule has 0 aliphatic heterocycles. The molecule has 0 radical (unpaired) electrons. The Labute approximate surface area is 104 Å². The fourth-order valence-electron chi connectivity index (χ4n) is 2.05. The summed E-state index contributed by atoms with van der Waals surface area (Å²) in [7, 11) is 0. The van der Waals surface area contributed by atoms with E-state index in [0.717, 1.165) is 17.6 Å². The second kappa shape index (κ2) is 4.35. The molecule has 3 rings (SSSR count). The van der Waals surface area contributed by atoms with Crippen LogP contribution < -0.4 is 5.73 Å². The van der Waals surface area contributed by atoms with Crippen molar-refractivity contribution in [2.24, 2.45) is 5.73 Å². The van der Waals surface area contributed by atoms with Gasteiger partial charge in [0, 0.05) is 28.6 Å². The summed E-state index contributed by atoms with van der Waals surface area (Å²) < 4.78 is 0. The van der Waals surface area contributed by atoms with E-state index in [2.05, 4.69) is 40.7 Å². The third-order valence-corrected chi connectivity index (χ3v) is 3.85. The van der Waals surface area contributed by atoms with Crippen LogP contribution in [0.3, 0.4) is 0 Å². The van der Waals surface area contributed by atoms with Crippen molar-refractivity contribution in [2.75, 3.05) is 0 Å². The van der Waals surface area contributed by atoms with E-state index in [1.807, 2.05) is 12.1 Å². The molecule has 3 heteroatoms. The van der Waals surface area contributed by atoms with Gasteiger partial charge in [0.1, 0.15) is 0 Å². The van der Waals surface area contributed by atoms with Crippen molar-refractivity contribution in [1.82, 2.24) is 4.98 Å². The van der Waals surface area contributed by atoms with Gasteiger partial charge in [0.25, 0.3) is 0 Å². The predicted molar refractivity (Wildman–Crippen MR) is 73.3 cm³/mol. The Morgan fingerprint density at radius 3 is 2.82 bits per heavy atom. The molecular formula is C14H14N2S. The Hall–Kier alpha value is -1.58. The molecule has 3 aromatic rings. The SMILES string of the molecule is NC(Cc1cccs1)c1cc2ccccc2[nH]1. The number of aromatic amines is 1. The summed E-state index contributed by atoms with van der Waals surface area (Å²) in [6.45, 7) is 0. The van der Waals surface area contributed by atoms with E-state index in [9.17, 15) is 0 Å². The van der Waals surface area contributed by atoms with Gasteiger partial charge in [0.15, 0.2) is 0 Å². The van der Waals surface area contributed by atoms with Gasteiger partial charge < -0.3 is 10.7 Å². The van der Waals surface area contributed by atoms with Gasteiger partial charge in [0.2, 0.25) is 0 Å². The average molecular weight is 242 g/mol. The number of fused-ring (bicyclic) bond motifs is 1. The van der Waals surface area contributed by atoms with Gasteiger partial charge in [-0.25, -0.2) is 0 Å². The van der Waals surface area contributed by atoms with Crippen molar-refractivity contribution in [3.8, 4) is 0 Å². The first-order chi connectivity index (χ1) is 8.33. The Bertz CT molecular complexity index is 577. The minimum Gasteiger partial charge on any atom is -0.357 e. The van der Waals surface area contributed by atoms with Crippen molar-refractivity contribution in [1.29, 1.82) is 0 Å². The number of para-hydroxylation sites is 1. The van der Waals surface area contributed by atoms with E-state index in [0.29, 0.717) is 0 Å². The smallest absolute Gasteiger partial charge is 0.0496 e. The van der Waals surface area contributed by atoms with Crippen molar-refractivity contribution in [3.05, 3.63) is 58.4 Å². The van der Waals surface area contributed by atoms with Crippen LogP contribution in [0.4, 0.5) is 0 Å². The first-order valence-electron chi connectivity index (χ1n) is 5.68. The Morgan fingerprint density at radius 1 is 1.18 bits per heavy atom. The number of benzene rings is 1. The second-order valence-corrected chi connectivity index (χ2v) is 5.23.